The Kier molecular flexibility index (Phi) is 7.11. The molecule has 1 aliphatic heterocycles. The molecule has 2 amide bonds. The van der Waals surface area contributed by atoms with Crippen LogP contribution >= 0.6 is 0 Å². The molecule has 27 heavy (non-hydrogen) atoms. The largest absolute Gasteiger partial charge is 0.491 e. The average Bonchev–Trinajstić information content (AvgIpc) is 3.19. The van der Waals surface area contributed by atoms with Gasteiger partial charge in [0.15, 0.2) is 0 Å². The SMILES string of the molecule is CC(CCc1ccccc1)NC(=O)Nc1cccc(OCC2CCCO2)c1. The van der Waals surface area contributed by atoms with Crippen molar-refractivity contribution < 1.29 is 14.3 Å². The zero-order valence-electron chi connectivity index (χ0n) is 15.8. The Morgan fingerprint density at radius 1 is 1.22 bits per heavy atom. The van der Waals surface area contributed by atoms with Crippen molar-refractivity contribution in [3.63, 3.8) is 0 Å². The molecule has 0 saturated carbocycles. The number of urea groups is 1. The van der Waals surface area contributed by atoms with Crippen molar-refractivity contribution in [2.75, 3.05) is 18.5 Å². The van der Waals surface area contributed by atoms with Gasteiger partial charge >= 0.3 is 6.03 Å². The van der Waals surface area contributed by atoms with Crippen LogP contribution in [-0.4, -0.2) is 31.4 Å². The molecule has 0 radical (unpaired) electrons. The van der Waals surface area contributed by atoms with Crippen molar-refractivity contribution in [1.82, 2.24) is 5.32 Å². The molecule has 0 aromatic heterocycles. The molecule has 2 aromatic carbocycles. The lowest BCUT2D eigenvalue weighted by Gasteiger charge is -2.15. The van der Waals surface area contributed by atoms with Crippen LogP contribution < -0.4 is 15.4 Å². The van der Waals surface area contributed by atoms with Gasteiger partial charge < -0.3 is 20.1 Å². The molecule has 2 unspecified atom stereocenters. The highest BCUT2D eigenvalue weighted by Crippen LogP contribution is 2.19. The van der Waals surface area contributed by atoms with E-state index in [9.17, 15) is 4.79 Å². The van der Waals surface area contributed by atoms with E-state index in [1.165, 1.54) is 5.56 Å². The first kappa shape index (κ1) is 19.2. The summed E-state index contributed by atoms with van der Waals surface area (Å²) < 4.78 is 11.3. The summed E-state index contributed by atoms with van der Waals surface area (Å²) >= 11 is 0. The maximum Gasteiger partial charge on any atom is 0.319 e. The maximum atomic E-state index is 12.2. The Labute approximate surface area is 161 Å². The third-order valence-corrected chi connectivity index (χ3v) is 4.64. The van der Waals surface area contributed by atoms with E-state index in [0.29, 0.717) is 12.3 Å². The summed E-state index contributed by atoms with van der Waals surface area (Å²) in [5.41, 5.74) is 2.00. The lowest BCUT2D eigenvalue weighted by atomic mass is 10.1. The van der Waals surface area contributed by atoms with Crippen LogP contribution in [-0.2, 0) is 11.2 Å². The van der Waals surface area contributed by atoms with E-state index in [2.05, 4.69) is 22.8 Å². The van der Waals surface area contributed by atoms with Gasteiger partial charge in [-0.2, -0.15) is 0 Å². The second-order valence-corrected chi connectivity index (χ2v) is 7.00. The molecule has 2 N–H and O–H groups in total. The Balaban J connectivity index is 1.42. The predicted octanol–water partition coefficient (Wildman–Crippen LogP) is 4.39. The van der Waals surface area contributed by atoms with Gasteiger partial charge in [-0.1, -0.05) is 36.4 Å². The Hall–Kier alpha value is -2.53. The standard InChI is InChI=1S/C22H28N2O3/c1-17(12-13-18-7-3-2-4-8-18)23-22(25)24-19-9-5-10-20(15-19)27-16-21-11-6-14-26-21/h2-5,7-10,15,17,21H,6,11-14,16H2,1H3,(H2,23,24,25). The van der Waals surface area contributed by atoms with Gasteiger partial charge in [0, 0.05) is 24.4 Å². The Morgan fingerprint density at radius 3 is 2.85 bits per heavy atom. The molecule has 2 aromatic rings. The second-order valence-electron chi connectivity index (χ2n) is 7.00. The van der Waals surface area contributed by atoms with Crippen molar-refractivity contribution in [3.8, 4) is 5.75 Å². The number of nitrogens with one attached hydrogen (secondary N) is 2. The molecule has 3 rings (SSSR count). The quantitative estimate of drug-likeness (QED) is 0.727. The summed E-state index contributed by atoms with van der Waals surface area (Å²) in [6.45, 7) is 3.38. The minimum Gasteiger partial charge on any atom is -0.491 e. The summed E-state index contributed by atoms with van der Waals surface area (Å²) in [4.78, 5) is 12.2. The van der Waals surface area contributed by atoms with Gasteiger partial charge in [-0.15, -0.1) is 0 Å². The Morgan fingerprint density at radius 2 is 2.07 bits per heavy atom. The fourth-order valence-electron chi connectivity index (χ4n) is 3.12. The number of benzene rings is 2. The zero-order chi connectivity index (χ0) is 18.9. The van der Waals surface area contributed by atoms with Crippen molar-refractivity contribution in [1.29, 1.82) is 0 Å². The minimum absolute atomic E-state index is 0.0872. The first-order valence-electron chi connectivity index (χ1n) is 9.65. The summed E-state index contributed by atoms with van der Waals surface area (Å²) in [7, 11) is 0. The smallest absolute Gasteiger partial charge is 0.319 e. The number of amides is 2. The van der Waals surface area contributed by atoms with E-state index in [1.807, 2.05) is 49.4 Å². The summed E-state index contributed by atoms with van der Waals surface area (Å²) in [5.74, 6) is 0.737. The van der Waals surface area contributed by atoms with E-state index in [0.717, 1.165) is 38.0 Å². The van der Waals surface area contributed by atoms with Gasteiger partial charge in [0.05, 0.1) is 6.10 Å². The van der Waals surface area contributed by atoms with E-state index in [1.54, 1.807) is 0 Å². The van der Waals surface area contributed by atoms with Crippen LogP contribution in [0.4, 0.5) is 10.5 Å². The van der Waals surface area contributed by atoms with E-state index in [4.69, 9.17) is 9.47 Å². The van der Waals surface area contributed by atoms with Gasteiger partial charge in [0.25, 0.3) is 0 Å². The van der Waals surface area contributed by atoms with Crippen molar-refractivity contribution in [3.05, 3.63) is 60.2 Å². The van der Waals surface area contributed by atoms with Crippen LogP contribution in [0.5, 0.6) is 5.75 Å². The van der Waals surface area contributed by atoms with E-state index < -0.39 is 0 Å². The molecule has 2 atom stereocenters. The van der Waals surface area contributed by atoms with Gasteiger partial charge in [-0.25, -0.2) is 4.79 Å². The highest BCUT2D eigenvalue weighted by molar-refractivity contribution is 5.89. The monoisotopic (exact) mass is 368 g/mol. The maximum absolute atomic E-state index is 12.2. The van der Waals surface area contributed by atoms with E-state index in [-0.39, 0.29) is 18.2 Å². The third-order valence-electron chi connectivity index (χ3n) is 4.64. The highest BCUT2D eigenvalue weighted by atomic mass is 16.5. The number of hydrogen-bond donors (Lipinski definition) is 2. The topological polar surface area (TPSA) is 59.6 Å². The number of carbonyl (C=O) groups is 1. The zero-order valence-corrected chi connectivity index (χ0v) is 15.8. The molecule has 0 spiro atoms. The Bertz CT molecular complexity index is 715. The number of aryl methyl sites for hydroxylation is 1. The van der Waals surface area contributed by atoms with Gasteiger partial charge in [-0.3, -0.25) is 0 Å². The molecule has 0 bridgehead atoms. The number of rotatable bonds is 8. The van der Waals surface area contributed by atoms with Gasteiger partial charge in [0.1, 0.15) is 12.4 Å². The number of anilines is 1. The first-order chi connectivity index (χ1) is 13.2. The highest BCUT2D eigenvalue weighted by Gasteiger charge is 2.16. The van der Waals surface area contributed by atoms with Crippen LogP contribution in [0, 0.1) is 0 Å². The van der Waals surface area contributed by atoms with Crippen molar-refractivity contribution >= 4 is 11.7 Å². The average molecular weight is 368 g/mol. The van der Waals surface area contributed by atoms with Crippen molar-refractivity contribution in [2.24, 2.45) is 0 Å². The molecule has 144 valence electrons. The summed E-state index contributed by atoms with van der Waals surface area (Å²) in [6, 6.07) is 17.6. The molecule has 1 saturated heterocycles. The second kappa shape index (κ2) is 9.97. The molecule has 5 nitrogen and oxygen atoms in total. The van der Waals surface area contributed by atoms with Gasteiger partial charge in [0.2, 0.25) is 0 Å². The molecular formula is C22H28N2O3. The predicted molar refractivity (Wildman–Crippen MR) is 107 cm³/mol. The summed E-state index contributed by atoms with van der Waals surface area (Å²) in [6.07, 6.45) is 4.14. The van der Waals surface area contributed by atoms with Crippen molar-refractivity contribution in [2.45, 2.75) is 44.8 Å². The van der Waals surface area contributed by atoms with Crippen LogP contribution in [0.15, 0.2) is 54.6 Å². The summed E-state index contributed by atoms with van der Waals surface area (Å²) in [5, 5.41) is 5.86. The number of hydrogen-bond acceptors (Lipinski definition) is 3. The molecular weight excluding hydrogens is 340 g/mol. The lowest BCUT2D eigenvalue weighted by Crippen LogP contribution is -2.36. The molecule has 1 heterocycles. The fourth-order valence-corrected chi connectivity index (χ4v) is 3.12. The number of ether oxygens (including phenoxy) is 2. The van der Waals surface area contributed by atoms with Crippen LogP contribution in [0.3, 0.4) is 0 Å². The van der Waals surface area contributed by atoms with Crippen LogP contribution in [0.2, 0.25) is 0 Å². The molecule has 1 aliphatic rings. The van der Waals surface area contributed by atoms with Gasteiger partial charge in [-0.05, 0) is 50.3 Å². The third kappa shape index (κ3) is 6.61. The fraction of sp³-hybridized carbons (Fsp3) is 0.409. The normalized spacial score (nSPS) is 17.3. The first-order valence-corrected chi connectivity index (χ1v) is 9.65. The molecule has 1 fully saturated rings. The number of carbonyl (C=O) groups excluding carboxylic acids is 1. The molecule has 5 heteroatoms. The molecule has 0 aliphatic carbocycles. The van der Waals surface area contributed by atoms with Crippen LogP contribution in [0.1, 0.15) is 31.7 Å². The van der Waals surface area contributed by atoms with Crippen LogP contribution in [0.25, 0.3) is 0 Å². The lowest BCUT2D eigenvalue weighted by molar-refractivity contribution is 0.0680. The minimum atomic E-state index is -0.202. The van der Waals surface area contributed by atoms with E-state index >= 15 is 0 Å².